The van der Waals surface area contributed by atoms with E-state index in [2.05, 4.69) is 17.4 Å². The predicted octanol–water partition coefficient (Wildman–Crippen LogP) is 5.89. The number of aliphatic carboxylic acids is 1. The highest BCUT2D eigenvalue weighted by atomic mass is 32.2. The lowest BCUT2D eigenvalue weighted by Crippen LogP contribution is -2.50. The van der Waals surface area contributed by atoms with Crippen molar-refractivity contribution in [3.05, 3.63) is 125 Å². The van der Waals surface area contributed by atoms with Crippen LogP contribution in [0.1, 0.15) is 47.2 Å². The third-order valence-electron chi connectivity index (χ3n) is 7.91. The van der Waals surface area contributed by atoms with Crippen molar-refractivity contribution in [3.8, 4) is 11.5 Å². The summed E-state index contributed by atoms with van der Waals surface area (Å²) in [5.74, 6) is -1.51. The Morgan fingerprint density at radius 1 is 0.880 bits per heavy atom. The number of amides is 2. The first-order valence-corrected chi connectivity index (χ1v) is 17.9. The molecule has 1 heterocycles. The number of rotatable bonds is 16. The number of sulfonamides is 1. The Bertz CT molecular complexity index is 1900. The highest BCUT2D eigenvalue weighted by Gasteiger charge is 2.34. The van der Waals surface area contributed by atoms with Gasteiger partial charge in [0.25, 0.3) is 21.8 Å². The molecule has 4 aromatic carbocycles. The van der Waals surface area contributed by atoms with Gasteiger partial charge in [-0.05, 0) is 79.3 Å². The third-order valence-corrected chi connectivity index (χ3v) is 8.89. The molecule has 2 amide bonds. The van der Waals surface area contributed by atoms with Crippen LogP contribution in [0.5, 0.6) is 11.5 Å². The normalized spacial score (nSPS) is 14.0. The van der Waals surface area contributed by atoms with Gasteiger partial charge in [-0.3, -0.25) is 14.4 Å². The number of nitrogens with one attached hydrogen (secondary N) is 2. The van der Waals surface area contributed by atoms with Crippen molar-refractivity contribution in [2.45, 2.75) is 38.2 Å². The average molecular weight is 698 g/mol. The summed E-state index contributed by atoms with van der Waals surface area (Å²) in [6.07, 6.45) is 3.10. The maximum atomic E-state index is 13.3. The van der Waals surface area contributed by atoms with Gasteiger partial charge in [0.15, 0.2) is 11.9 Å². The van der Waals surface area contributed by atoms with Crippen LogP contribution in [0.15, 0.2) is 109 Å². The van der Waals surface area contributed by atoms with Gasteiger partial charge in [-0.15, -0.1) is 0 Å². The lowest BCUT2D eigenvalue weighted by Gasteiger charge is -2.36. The van der Waals surface area contributed by atoms with E-state index in [9.17, 15) is 27.9 Å². The van der Waals surface area contributed by atoms with Crippen LogP contribution in [-0.2, 0) is 26.0 Å². The van der Waals surface area contributed by atoms with Crippen molar-refractivity contribution >= 4 is 45.3 Å². The quantitative estimate of drug-likeness (QED) is 0.122. The molecule has 50 heavy (non-hydrogen) atoms. The number of fused-ring (bicyclic) bond motifs is 1. The molecule has 5 rings (SSSR count). The number of unbranched alkanes of at least 4 members (excludes halogenated alkanes) is 1. The summed E-state index contributed by atoms with van der Waals surface area (Å²) in [5.41, 5.74) is 3.07. The standard InChI is InChI=1S/C38H39N3O8S/c42-35(43)18-10-24-41-27-34(38(45)40-50(46,47)26-23-29-13-5-2-6-14-29)49-36-32(16-9-17-33(36)41)39-37(44)30-19-21-31(22-20-30)48-25-8-7-15-28-11-3-1-4-12-28/h1-6,9,11-14,16-17,19-23,26,34H,7-8,10,15,18,24-25,27H2,(H,39,44)(H,40,45)(H,42,43). The highest BCUT2D eigenvalue weighted by molar-refractivity contribution is 7.93. The molecule has 1 aliphatic rings. The number of carbonyl (C=O) groups is 3. The summed E-state index contributed by atoms with van der Waals surface area (Å²) in [7, 11) is -4.18. The predicted molar refractivity (Wildman–Crippen MR) is 192 cm³/mol. The molecule has 4 aromatic rings. The zero-order valence-corrected chi connectivity index (χ0v) is 28.2. The Balaban J connectivity index is 1.24. The van der Waals surface area contributed by atoms with Crippen molar-refractivity contribution in [3.63, 3.8) is 0 Å². The second-order valence-electron chi connectivity index (χ2n) is 11.7. The van der Waals surface area contributed by atoms with E-state index in [1.165, 1.54) is 11.6 Å². The van der Waals surface area contributed by atoms with E-state index in [4.69, 9.17) is 9.47 Å². The lowest BCUT2D eigenvalue weighted by molar-refractivity contribution is -0.137. The Morgan fingerprint density at radius 2 is 1.60 bits per heavy atom. The number of aryl methyl sites for hydroxylation is 1. The minimum Gasteiger partial charge on any atom is -0.494 e. The van der Waals surface area contributed by atoms with Crippen LogP contribution in [0.3, 0.4) is 0 Å². The molecule has 0 radical (unpaired) electrons. The number of carboxylic acids is 1. The van der Waals surface area contributed by atoms with E-state index in [-0.39, 0.29) is 37.4 Å². The second-order valence-corrected chi connectivity index (χ2v) is 13.3. The smallest absolute Gasteiger partial charge is 0.303 e. The van der Waals surface area contributed by atoms with Gasteiger partial charge in [-0.1, -0.05) is 66.7 Å². The topological polar surface area (TPSA) is 151 Å². The van der Waals surface area contributed by atoms with E-state index in [1.807, 2.05) is 22.9 Å². The summed E-state index contributed by atoms with van der Waals surface area (Å²) in [6, 6.07) is 30.8. The van der Waals surface area contributed by atoms with Crippen LogP contribution >= 0.6 is 0 Å². The first-order chi connectivity index (χ1) is 24.2. The van der Waals surface area contributed by atoms with E-state index in [1.54, 1.807) is 77.7 Å². The molecule has 11 nitrogen and oxygen atoms in total. The van der Waals surface area contributed by atoms with Crippen LogP contribution in [0, 0.1) is 0 Å². The molecule has 12 heteroatoms. The average Bonchev–Trinajstić information content (AvgIpc) is 3.11. The Labute approximate surface area is 291 Å². The van der Waals surface area contributed by atoms with Crippen LogP contribution in [0.2, 0.25) is 0 Å². The fraction of sp³-hybridized carbons (Fsp3) is 0.237. The molecule has 0 spiro atoms. The molecule has 260 valence electrons. The fourth-order valence-corrected chi connectivity index (χ4v) is 6.19. The van der Waals surface area contributed by atoms with Crippen LogP contribution < -0.4 is 24.4 Å². The number of benzene rings is 4. The molecule has 0 aromatic heterocycles. The van der Waals surface area contributed by atoms with Gasteiger partial charge < -0.3 is 24.8 Å². The number of nitrogens with zero attached hydrogens (tertiary/aromatic N) is 1. The van der Waals surface area contributed by atoms with Gasteiger partial charge in [-0.2, -0.15) is 0 Å². The van der Waals surface area contributed by atoms with Crippen molar-refractivity contribution in [1.29, 1.82) is 0 Å². The summed E-state index contributed by atoms with van der Waals surface area (Å²) >= 11 is 0. The number of para-hydroxylation sites is 1. The number of ether oxygens (including phenoxy) is 2. The SMILES string of the molecule is O=C(O)CCCN1CC(C(=O)NS(=O)(=O)C=Cc2ccccc2)Oc2c(NC(=O)c3ccc(OCCCCc4ccccc4)cc3)cccc21. The number of carboxylic acid groups (broad SMARTS) is 1. The molecule has 1 unspecified atom stereocenters. The monoisotopic (exact) mass is 697 g/mol. The molecule has 0 aliphatic carbocycles. The van der Waals surface area contributed by atoms with E-state index in [0.717, 1.165) is 24.7 Å². The molecular weight excluding hydrogens is 658 g/mol. The van der Waals surface area contributed by atoms with Gasteiger partial charge in [-0.25, -0.2) is 13.1 Å². The summed E-state index contributed by atoms with van der Waals surface area (Å²) in [6.45, 7) is 0.758. The molecule has 0 saturated carbocycles. The lowest BCUT2D eigenvalue weighted by atomic mass is 10.1. The van der Waals surface area contributed by atoms with Crippen LogP contribution in [-0.4, -0.2) is 57.1 Å². The van der Waals surface area contributed by atoms with Crippen molar-refractivity contribution in [2.75, 3.05) is 29.9 Å². The minimum absolute atomic E-state index is 0.0402. The number of anilines is 2. The molecule has 0 saturated heterocycles. The van der Waals surface area contributed by atoms with Crippen LogP contribution in [0.4, 0.5) is 11.4 Å². The number of hydrogen-bond acceptors (Lipinski definition) is 8. The summed E-state index contributed by atoms with van der Waals surface area (Å²) in [5, 5.41) is 12.9. The fourth-order valence-electron chi connectivity index (χ4n) is 5.38. The number of carbonyl (C=O) groups excluding carboxylic acids is 2. The zero-order chi connectivity index (χ0) is 35.3. The molecule has 3 N–H and O–H groups in total. The zero-order valence-electron chi connectivity index (χ0n) is 27.4. The van der Waals surface area contributed by atoms with Gasteiger partial charge in [0, 0.05) is 18.5 Å². The van der Waals surface area contributed by atoms with Crippen molar-refractivity contribution in [2.24, 2.45) is 0 Å². The number of hydrogen-bond donors (Lipinski definition) is 3. The maximum Gasteiger partial charge on any atom is 0.303 e. The second kappa shape index (κ2) is 17.2. The van der Waals surface area contributed by atoms with Crippen molar-refractivity contribution in [1.82, 2.24) is 4.72 Å². The highest BCUT2D eigenvalue weighted by Crippen LogP contribution is 2.40. The third kappa shape index (κ3) is 10.4. The summed E-state index contributed by atoms with van der Waals surface area (Å²) in [4.78, 5) is 39.5. The van der Waals surface area contributed by atoms with E-state index in [0.29, 0.717) is 29.2 Å². The first-order valence-electron chi connectivity index (χ1n) is 16.3. The first kappa shape index (κ1) is 35.7. The molecular formula is C38H39N3O8S. The molecule has 0 bridgehead atoms. The summed E-state index contributed by atoms with van der Waals surface area (Å²) < 4.78 is 39.4. The van der Waals surface area contributed by atoms with Gasteiger partial charge >= 0.3 is 5.97 Å². The van der Waals surface area contributed by atoms with E-state index >= 15 is 0 Å². The minimum atomic E-state index is -4.18. The molecule has 1 atom stereocenters. The Morgan fingerprint density at radius 3 is 2.32 bits per heavy atom. The largest absolute Gasteiger partial charge is 0.494 e. The van der Waals surface area contributed by atoms with E-state index < -0.39 is 33.9 Å². The maximum absolute atomic E-state index is 13.3. The Kier molecular flexibility index (Phi) is 12.2. The van der Waals surface area contributed by atoms with Crippen molar-refractivity contribution < 1.29 is 37.4 Å². The van der Waals surface area contributed by atoms with Gasteiger partial charge in [0.2, 0.25) is 0 Å². The van der Waals surface area contributed by atoms with Crippen LogP contribution in [0.25, 0.3) is 6.08 Å². The van der Waals surface area contributed by atoms with Gasteiger partial charge in [0.05, 0.1) is 29.9 Å². The molecule has 1 aliphatic heterocycles. The Hall–Kier alpha value is -5.62. The van der Waals surface area contributed by atoms with Gasteiger partial charge in [0.1, 0.15) is 5.75 Å². The molecule has 0 fully saturated rings.